The van der Waals surface area contributed by atoms with Crippen molar-refractivity contribution in [2.45, 2.75) is 39.2 Å². The molecule has 0 amide bonds. The zero-order valence-electron chi connectivity index (χ0n) is 14.4. The van der Waals surface area contributed by atoms with Gasteiger partial charge in [0, 0.05) is 23.6 Å². The number of aromatic nitrogens is 2. The molecule has 0 aliphatic heterocycles. The third-order valence-corrected chi connectivity index (χ3v) is 4.71. The van der Waals surface area contributed by atoms with Gasteiger partial charge in [0.1, 0.15) is 17.2 Å². The Morgan fingerprint density at radius 1 is 1.17 bits per heavy atom. The molecule has 1 atom stereocenters. The lowest BCUT2D eigenvalue weighted by atomic mass is 9.90. The zero-order chi connectivity index (χ0) is 17.3. The highest BCUT2D eigenvalue weighted by atomic mass is 16.2. The van der Waals surface area contributed by atoms with Gasteiger partial charge in [0.15, 0.2) is 0 Å². The van der Waals surface area contributed by atoms with Gasteiger partial charge in [-0.2, -0.15) is 0 Å². The van der Waals surface area contributed by atoms with Crippen LogP contribution in [0.25, 0.3) is 11.3 Å². The van der Waals surface area contributed by atoms with E-state index in [-0.39, 0.29) is 5.92 Å². The van der Waals surface area contributed by atoms with Crippen LogP contribution in [0.4, 0.5) is 0 Å². The minimum absolute atomic E-state index is 0.236. The summed E-state index contributed by atoms with van der Waals surface area (Å²) in [4.78, 5) is 30.0. The third-order valence-electron chi connectivity index (χ3n) is 4.71. The second kappa shape index (κ2) is 6.69. The van der Waals surface area contributed by atoms with E-state index in [9.17, 15) is 9.59 Å². The molecule has 1 heterocycles. The number of nitrogens with one attached hydrogen (secondary N) is 1. The van der Waals surface area contributed by atoms with E-state index < -0.39 is 11.6 Å². The van der Waals surface area contributed by atoms with Gasteiger partial charge >= 0.3 is 0 Å². The number of benzene rings is 1. The Morgan fingerprint density at radius 3 is 2.54 bits per heavy atom. The monoisotopic (exact) mass is 325 g/mol. The van der Waals surface area contributed by atoms with Crippen molar-refractivity contribution in [2.24, 2.45) is 0 Å². The van der Waals surface area contributed by atoms with E-state index in [1.165, 1.54) is 0 Å². The Morgan fingerprint density at radius 2 is 1.88 bits per heavy atom. The summed E-state index contributed by atoms with van der Waals surface area (Å²) in [5, 5.41) is 3.12. The van der Waals surface area contributed by atoms with Gasteiger partial charge in [0.05, 0.1) is 0 Å². The van der Waals surface area contributed by atoms with E-state index >= 15 is 0 Å². The van der Waals surface area contributed by atoms with Crippen LogP contribution in [0.5, 0.6) is 0 Å². The van der Waals surface area contributed by atoms with Gasteiger partial charge in [-0.25, -0.2) is 4.98 Å². The topological polar surface area (TPSA) is 64.0 Å². The van der Waals surface area contributed by atoms with E-state index in [0.717, 1.165) is 30.8 Å². The highest BCUT2D eigenvalue weighted by molar-refractivity contribution is 6.52. The zero-order valence-corrected chi connectivity index (χ0v) is 14.4. The van der Waals surface area contributed by atoms with Crippen LogP contribution >= 0.6 is 0 Å². The van der Waals surface area contributed by atoms with Gasteiger partial charge in [-0.3, -0.25) is 9.59 Å². The fraction of sp³-hybridized carbons (Fsp3) is 0.421. The Bertz CT molecular complexity index is 792. The summed E-state index contributed by atoms with van der Waals surface area (Å²) in [6.07, 6.45) is 1.82. The molecule has 0 saturated heterocycles. The first-order chi connectivity index (χ1) is 11.6. The molecule has 1 N–H and O–H groups in total. The fourth-order valence-corrected chi connectivity index (χ4v) is 3.20. The maximum atomic E-state index is 12.7. The summed E-state index contributed by atoms with van der Waals surface area (Å²) in [6.45, 7) is 5.76. The van der Waals surface area contributed by atoms with E-state index in [2.05, 4.69) is 19.2 Å². The Balaban J connectivity index is 2.19. The summed E-state index contributed by atoms with van der Waals surface area (Å²) in [5.41, 5.74) is 2.36. The molecular formula is C19H23N3O2. The molecule has 1 unspecified atom stereocenters. The smallest absolute Gasteiger partial charge is 0.252 e. The fourth-order valence-electron chi connectivity index (χ4n) is 3.20. The first-order valence-corrected chi connectivity index (χ1v) is 8.53. The number of carbonyl (C=O) groups is 2. The lowest BCUT2D eigenvalue weighted by molar-refractivity contribution is 0.0809. The number of rotatable bonds is 6. The van der Waals surface area contributed by atoms with Crippen LogP contribution < -0.4 is 5.32 Å². The summed E-state index contributed by atoms with van der Waals surface area (Å²) < 4.78 is 1.97. The number of carbonyl (C=O) groups excluding carboxylic acids is 2. The molecular weight excluding hydrogens is 302 g/mol. The average molecular weight is 325 g/mol. The van der Waals surface area contributed by atoms with Crippen LogP contribution in [0.15, 0.2) is 24.3 Å². The predicted octanol–water partition coefficient (Wildman–Crippen LogP) is 3.05. The van der Waals surface area contributed by atoms with E-state index in [1.807, 2.05) is 23.7 Å². The normalized spacial score (nSPS) is 14.5. The van der Waals surface area contributed by atoms with Crippen molar-refractivity contribution in [1.82, 2.24) is 14.9 Å². The number of hydrogen-bond acceptors (Lipinski definition) is 4. The van der Waals surface area contributed by atoms with Crippen LogP contribution in [0.3, 0.4) is 0 Å². The predicted molar refractivity (Wildman–Crippen MR) is 93.6 cm³/mol. The first kappa shape index (κ1) is 16.6. The quantitative estimate of drug-likeness (QED) is 0.655. The van der Waals surface area contributed by atoms with E-state index in [1.54, 1.807) is 12.1 Å². The van der Waals surface area contributed by atoms with Gasteiger partial charge in [-0.15, -0.1) is 0 Å². The minimum Gasteiger partial charge on any atom is -0.324 e. The van der Waals surface area contributed by atoms with Crippen molar-refractivity contribution in [3.05, 3.63) is 41.3 Å². The summed E-state index contributed by atoms with van der Waals surface area (Å²) in [5.74, 6) is 0.274. The largest absolute Gasteiger partial charge is 0.324 e. The lowest BCUT2D eigenvalue weighted by Crippen LogP contribution is -2.25. The number of Topliss-reactive ketones (excluding diaryl/α,β-unsaturated/α-hetero) is 2. The van der Waals surface area contributed by atoms with Crippen LogP contribution in [0.2, 0.25) is 0 Å². The standard InChI is InChI=1S/C19H23N3O2/c1-4-12(2)19-21-15-13-8-5-6-9-14(13)17(23)18(24)16(15)22(19)11-7-10-20-3/h5-6,8-9,12,20H,4,7,10-11H2,1-3H3. The van der Waals surface area contributed by atoms with E-state index in [0.29, 0.717) is 23.5 Å². The maximum absolute atomic E-state index is 12.7. The summed E-state index contributed by atoms with van der Waals surface area (Å²) in [6, 6.07) is 7.26. The molecule has 1 aromatic carbocycles. The molecule has 5 heteroatoms. The van der Waals surface area contributed by atoms with Crippen LogP contribution in [0.1, 0.15) is 59.3 Å². The summed E-state index contributed by atoms with van der Waals surface area (Å²) >= 11 is 0. The van der Waals surface area contributed by atoms with Crippen molar-refractivity contribution in [1.29, 1.82) is 0 Å². The molecule has 24 heavy (non-hydrogen) atoms. The van der Waals surface area contributed by atoms with Crippen molar-refractivity contribution in [2.75, 3.05) is 13.6 Å². The van der Waals surface area contributed by atoms with Crippen molar-refractivity contribution in [3.8, 4) is 11.3 Å². The molecule has 0 fully saturated rings. The molecule has 0 radical (unpaired) electrons. The van der Waals surface area contributed by atoms with Crippen molar-refractivity contribution >= 4 is 11.6 Å². The number of hydrogen-bond donors (Lipinski definition) is 1. The highest BCUT2D eigenvalue weighted by Crippen LogP contribution is 2.35. The van der Waals surface area contributed by atoms with Gasteiger partial charge < -0.3 is 9.88 Å². The summed E-state index contributed by atoms with van der Waals surface area (Å²) in [7, 11) is 1.91. The third kappa shape index (κ3) is 2.59. The molecule has 3 rings (SSSR count). The minimum atomic E-state index is -0.435. The maximum Gasteiger partial charge on any atom is 0.252 e. The molecule has 2 aromatic rings. The molecule has 5 nitrogen and oxygen atoms in total. The molecule has 126 valence electrons. The Labute approximate surface area is 142 Å². The molecule has 0 saturated carbocycles. The molecule has 1 aliphatic carbocycles. The van der Waals surface area contributed by atoms with Crippen molar-refractivity contribution < 1.29 is 9.59 Å². The molecule has 1 aliphatic rings. The second-order valence-corrected chi connectivity index (χ2v) is 6.29. The number of imidazole rings is 1. The number of nitrogens with zero attached hydrogens (tertiary/aromatic N) is 2. The van der Waals surface area contributed by atoms with Crippen LogP contribution in [-0.4, -0.2) is 34.7 Å². The SMILES string of the molecule is CCC(C)c1nc2c(n1CCCNC)C(=O)C(=O)c1ccccc1-2. The average Bonchev–Trinajstić information content (AvgIpc) is 2.99. The number of fused-ring (bicyclic) bond motifs is 3. The second-order valence-electron chi connectivity index (χ2n) is 6.29. The van der Waals surface area contributed by atoms with Crippen LogP contribution in [-0.2, 0) is 6.54 Å². The van der Waals surface area contributed by atoms with Gasteiger partial charge in [0.2, 0.25) is 5.78 Å². The van der Waals surface area contributed by atoms with Gasteiger partial charge in [-0.1, -0.05) is 38.1 Å². The Hall–Kier alpha value is -2.27. The van der Waals surface area contributed by atoms with E-state index in [4.69, 9.17) is 4.98 Å². The van der Waals surface area contributed by atoms with Crippen LogP contribution in [0, 0.1) is 0 Å². The highest BCUT2D eigenvalue weighted by Gasteiger charge is 2.36. The van der Waals surface area contributed by atoms with Gasteiger partial charge in [0.25, 0.3) is 5.78 Å². The Kier molecular flexibility index (Phi) is 4.62. The lowest BCUT2D eigenvalue weighted by Gasteiger charge is -2.17. The van der Waals surface area contributed by atoms with Crippen molar-refractivity contribution in [3.63, 3.8) is 0 Å². The van der Waals surface area contributed by atoms with Gasteiger partial charge in [-0.05, 0) is 26.4 Å². The number of ketones is 2. The molecule has 1 aromatic heterocycles. The molecule has 0 spiro atoms. The molecule has 0 bridgehead atoms. The first-order valence-electron chi connectivity index (χ1n) is 8.53.